The number of rotatable bonds is 14. The van der Waals surface area contributed by atoms with Gasteiger partial charge in [-0.05, 0) is 19.8 Å². The molecule has 198 valence electrons. The van der Waals surface area contributed by atoms with E-state index >= 15 is 0 Å². The summed E-state index contributed by atoms with van der Waals surface area (Å²) >= 11 is 0. The molecule has 0 aliphatic carbocycles. The van der Waals surface area contributed by atoms with Gasteiger partial charge in [-0.25, -0.2) is 0 Å². The number of unbranched alkanes of at least 4 members (excludes halogenated alkanes) is 2. The second-order valence-electron chi connectivity index (χ2n) is 6.58. The molecule has 0 aromatic carbocycles. The van der Waals surface area contributed by atoms with Crippen LogP contribution >= 0.6 is 0 Å². The number of nitrogens with one attached hydrogen (secondary N) is 4. The predicted molar refractivity (Wildman–Crippen MR) is 126 cm³/mol. The minimum absolute atomic E-state index is 0.00484. The minimum Gasteiger partial charge on any atom is -0.445 e. The lowest BCUT2D eigenvalue weighted by atomic mass is 10.2. The zero-order valence-corrected chi connectivity index (χ0v) is 20.8. The van der Waals surface area contributed by atoms with Gasteiger partial charge in [0.1, 0.15) is 0 Å². The number of ether oxygens (including phenoxy) is 1. The van der Waals surface area contributed by atoms with Crippen LogP contribution in [0.1, 0.15) is 53.4 Å². The molecule has 0 aromatic rings. The first-order valence-electron chi connectivity index (χ1n) is 11.3. The summed E-state index contributed by atoms with van der Waals surface area (Å²) in [7, 11) is 0. The molecular formula is C22H37N5O8. The van der Waals surface area contributed by atoms with E-state index in [9.17, 15) is 33.6 Å². The molecular weight excluding hydrogens is 462 g/mol. The smallest absolute Gasteiger partial charge is 0.304 e. The van der Waals surface area contributed by atoms with Gasteiger partial charge in [-0.3, -0.25) is 38.5 Å². The van der Waals surface area contributed by atoms with E-state index < -0.39 is 11.9 Å². The molecule has 0 spiro atoms. The lowest BCUT2D eigenvalue weighted by molar-refractivity contribution is -0.143. The molecule has 35 heavy (non-hydrogen) atoms. The number of imide groups is 1. The Morgan fingerprint density at radius 2 is 1.49 bits per heavy atom. The van der Waals surface area contributed by atoms with E-state index in [-0.39, 0.29) is 43.4 Å². The molecule has 1 heterocycles. The van der Waals surface area contributed by atoms with Crippen molar-refractivity contribution in [3.8, 4) is 0 Å². The van der Waals surface area contributed by atoms with Gasteiger partial charge in [0.2, 0.25) is 24.1 Å². The monoisotopic (exact) mass is 499 g/mol. The van der Waals surface area contributed by atoms with E-state index in [1.165, 1.54) is 24.0 Å². The van der Waals surface area contributed by atoms with Crippen molar-refractivity contribution in [2.45, 2.75) is 53.4 Å². The van der Waals surface area contributed by atoms with Crippen LogP contribution in [0.5, 0.6) is 0 Å². The lowest BCUT2D eigenvalue weighted by Crippen LogP contribution is -2.36. The Bertz CT molecular complexity index is 721. The van der Waals surface area contributed by atoms with Gasteiger partial charge < -0.3 is 26.0 Å². The van der Waals surface area contributed by atoms with Crippen LogP contribution in [0.2, 0.25) is 0 Å². The van der Waals surface area contributed by atoms with Gasteiger partial charge in [0, 0.05) is 38.6 Å². The van der Waals surface area contributed by atoms with Crippen molar-refractivity contribution in [1.82, 2.24) is 26.2 Å². The van der Waals surface area contributed by atoms with E-state index in [2.05, 4.69) is 26.0 Å². The second-order valence-corrected chi connectivity index (χ2v) is 6.58. The number of hydrogen-bond acceptors (Lipinski definition) is 8. The van der Waals surface area contributed by atoms with Crippen LogP contribution in [-0.4, -0.2) is 79.7 Å². The molecule has 0 fully saturated rings. The van der Waals surface area contributed by atoms with Gasteiger partial charge in [-0.2, -0.15) is 0 Å². The first kappa shape index (κ1) is 33.4. The van der Waals surface area contributed by atoms with Crippen molar-refractivity contribution in [2.75, 3.05) is 32.9 Å². The third-order valence-corrected chi connectivity index (χ3v) is 3.90. The van der Waals surface area contributed by atoms with Gasteiger partial charge in [0.05, 0.1) is 13.1 Å². The summed E-state index contributed by atoms with van der Waals surface area (Å²) in [5.74, 6) is -1.82. The maximum absolute atomic E-state index is 11.5. The number of nitrogens with zero attached hydrogens (tertiary/aromatic N) is 1. The number of carbonyl (C=O) groups excluding carboxylic acids is 7. The van der Waals surface area contributed by atoms with Crippen LogP contribution in [-0.2, 0) is 38.3 Å². The molecule has 0 radical (unpaired) electrons. The first-order chi connectivity index (χ1) is 16.7. The SMILES string of the molecule is CC.CC(=O)OCNC(=O)CNC=O.CCNC(=O)CNC(=O)CCCCCN1C(=O)C=CC1=O. The quantitative estimate of drug-likeness (QED) is 0.0781. The zero-order chi connectivity index (χ0) is 27.1. The molecule has 1 aliphatic rings. The molecule has 0 saturated heterocycles. The largest absolute Gasteiger partial charge is 0.445 e. The molecule has 0 unspecified atom stereocenters. The summed E-state index contributed by atoms with van der Waals surface area (Å²) in [5.41, 5.74) is 0. The maximum atomic E-state index is 11.5. The van der Waals surface area contributed by atoms with Gasteiger partial charge in [0.15, 0.2) is 6.73 Å². The molecule has 13 heteroatoms. The average Bonchev–Trinajstić information content (AvgIpc) is 3.15. The fraction of sp³-hybridized carbons (Fsp3) is 0.591. The van der Waals surface area contributed by atoms with E-state index in [0.29, 0.717) is 38.8 Å². The van der Waals surface area contributed by atoms with Crippen LogP contribution in [0.4, 0.5) is 0 Å². The molecule has 0 bridgehead atoms. The summed E-state index contributed by atoms with van der Waals surface area (Å²) < 4.78 is 4.41. The highest BCUT2D eigenvalue weighted by Gasteiger charge is 2.22. The molecule has 0 aromatic heterocycles. The van der Waals surface area contributed by atoms with Gasteiger partial charge >= 0.3 is 5.97 Å². The Morgan fingerprint density at radius 3 is 2.03 bits per heavy atom. The Kier molecular flexibility index (Phi) is 21.0. The van der Waals surface area contributed by atoms with Crippen LogP contribution in [0, 0.1) is 0 Å². The maximum Gasteiger partial charge on any atom is 0.304 e. The number of hydrogen-bond donors (Lipinski definition) is 4. The third-order valence-electron chi connectivity index (χ3n) is 3.90. The fourth-order valence-corrected chi connectivity index (χ4v) is 2.33. The third kappa shape index (κ3) is 19.4. The summed E-state index contributed by atoms with van der Waals surface area (Å²) in [6.45, 7) is 7.66. The Labute approximate surface area is 205 Å². The minimum atomic E-state index is -0.473. The highest BCUT2D eigenvalue weighted by Crippen LogP contribution is 2.07. The topological polar surface area (TPSA) is 180 Å². The van der Waals surface area contributed by atoms with Crippen molar-refractivity contribution >= 4 is 41.9 Å². The van der Waals surface area contributed by atoms with Crippen LogP contribution in [0.25, 0.3) is 0 Å². The molecule has 1 rings (SSSR count). The standard InChI is InChI=1S/C14H21N3O4.C6H10N2O4.C2H6/c1-2-15-12(19)10-16-11(18)6-4-3-5-9-17-13(20)7-8-14(17)21;1-5(10)12-4-8-6(11)2-7-3-9;1-2/h7-8H,2-6,9-10H2,1H3,(H,15,19)(H,16,18);3H,2,4H2,1H3,(H,7,9)(H,8,11);1-2H3. The molecule has 6 amide bonds. The van der Waals surface area contributed by atoms with Gasteiger partial charge in [-0.15, -0.1) is 0 Å². The zero-order valence-electron chi connectivity index (χ0n) is 20.8. The van der Waals surface area contributed by atoms with E-state index in [4.69, 9.17) is 0 Å². The first-order valence-corrected chi connectivity index (χ1v) is 11.3. The highest BCUT2D eigenvalue weighted by atomic mass is 16.5. The highest BCUT2D eigenvalue weighted by molar-refractivity contribution is 6.12. The summed E-state index contributed by atoms with van der Waals surface area (Å²) in [6.07, 6.45) is 5.33. The van der Waals surface area contributed by atoms with Crippen molar-refractivity contribution in [2.24, 2.45) is 0 Å². The van der Waals surface area contributed by atoms with Crippen molar-refractivity contribution in [1.29, 1.82) is 0 Å². The van der Waals surface area contributed by atoms with Crippen LogP contribution in [0.3, 0.4) is 0 Å². The molecule has 4 N–H and O–H groups in total. The number of esters is 1. The number of carbonyl (C=O) groups is 7. The van der Waals surface area contributed by atoms with Crippen LogP contribution < -0.4 is 21.3 Å². The second kappa shape index (κ2) is 22.0. The number of amides is 6. The Hall–Kier alpha value is -3.77. The molecule has 0 saturated carbocycles. The predicted octanol–water partition coefficient (Wildman–Crippen LogP) is -0.880. The normalized spacial score (nSPS) is 11.3. The Morgan fingerprint density at radius 1 is 0.886 bits per heavy atom. The summed E-state index contributed by atoms with van der Waals surface area (Å²) in [6, 6.07) is 0. The van der Waals surface area contributed by atoms with Crippen molar-refractivity contribution in [3.63, 3.8) is 0 Å². The van der Waals surface area contributed by atoms with E-state index in [1.54, 1.807) is 0 Å². The van der Waals surface area contributed by atoms with Crippen molar-refractivity contribution in [3.05, 3.63) is 12.2 Å². The van der Waals surface area contributed by atoms with Gasteiger partial charge in [-0.1, -0.05) is 20.3 Å². The van der Waals surface area contributed by atoms with E-state index in [1.807, 2.05) is 20.8 Å². The Balaban J connectivity index is 0. The molecule has 0 atom stereocenters. The summed E-state index contributed by atoms with van der Waals surface area (Å²) in [5, 5.41) is 9.52. The summed E-state index contributed by atoms with van der Waals surface area (Å²) in [4.78, 5) is 76.9. The average molecular weight is 500 g/mol. The lowest BCUT2D eigenvalue weighted by Gasteiger charge is -2.13. The fourth-order valence-electron chi connectivity index (χ4n) is 2.33. The van der Waals surface area contributed by atoms with Crippen LogP contribution in [0.15, 0.2) is 12.2 Å². The van der Waals surface area contributed by atoms with E-state index in [0.717, 1.165) is 6.42 Å². The van der Waals surface area contributed by atoms with Gasteiger partial charge in [0.25, 0.3) is 11.8 Å². The molecule has 13 nitrogen and oxygen atoms in total. The number of likely N-dealkylation sites (N-methyl/N-ethyl adjacent to an activating group) is 1. The van der Waals surface area contributed by atoms with Crippen molar-refractivity contribution < 1.29 is 38.3 Å². The molecule has 1 aliphatic heterocycles.